The van der Waals surface area contributed by atoms with Gasteiger partial charge in [-0.25, -0.2) is 0 Å². The van der Waals surface area contributed by atoms with Crippen LogP contribution in [0.1, 0.15) is 63.0 Å². The Morgan fingerprint density at radius 1 is 1.00 bits per heavy atom. The molecule has 0 amide bonds. The van der Waals surface area contributed by atoms with Crippen LogP contribution in [0.25, 0.3) is 0 Å². The maximum atomic E-state index is 10.9. The highest BCUT2D eigenvalue weighted by Crippen LogP contribution is 2.23. The standard InChI is InChI=1S/C16H23NO3/c18-16(19)13-9-4-2-1-3-8-12-15(17-20)14-10-6-5-7-11-14/h5-7,10-11,15H,1-4,8-9,12-13H2,(H,18,19). The Hall–Kier alpha value is -1.71. The third-order valence-corrected chi connectivity index (χ3v) is 3.43. The maximum Gasteiger partial charge on any atom is 0.303 e. The van der Waals surface area contributed by atoms with E-state index in [0.29, 0.717) is 0 Å². The lowest BCUT2D eigenvalue weighted by molar-refractivity contribution is -0.137. The number of rotatable bonds is 11. The summed E-state index contributed by atoms with van der Waals surface area (Å²) < 4.78 is 0. The number of benzene rings is 1. The first-order chi connectivity index (χ1) is 9.74. The molecule has 1 unspecified atom stereocenters. The first-order valence-corrected chi connectivity index (χ1v) is 7.33. The van der Waals surface area contributed by atoms with E-state index in [4.69, 9.17) is 5.11 Å². The zero-order chi connectivity index (χ0) is 14.6. The van der Waals surface area contributed by atoms with Gasteiger partial charge in [0.2, 0.25) is 0 Å². The van der Waals surface area contributed by atoms with Crippen molar-refractivity contribution in [3.8, 4) is 0 Å². The fourth-order valence-electron chi connectivity index (χ4n) is 2.28. The van der Waals surface area contributed by atoms with Gasteiger partial charge in [-0.05, 0) is 18.4 Å². The van der Waals surface area contributed by atoms with E-state index in [1.807, 2.05) is 30.3 Å². The summed E-state index contributed by atoms with van der Waals surface area (Å²) in [5.74, 6) is -0.715. The number of carboxylic acid groups (broad SMARTS) is 1. The van der Waals surface area contributed by atoms with Crippen LogP contribution in [0.15, 0.2) is 35.5 Å². The van der Waals surface area contributed by atoms with Gasteiger partial charge in [-0.1, -0.05) is 67.6 Å². The molecule has 0 saturated heterocycles. The van der Waals surface area contributed by atoms with Gasteiger partial charge in [0.15, 0.2) is 0 Å². The molecule has 0 spiro atoms. The molecule has 4 heteroatoms. The summed E-state index contributed by atoms with van der Waals surface area (Å²) >= 11 is 0. The van der Waals surface area contributed by atoms with E-state index in [0.717, 1.165) is 50.5 Å². The molecule has 1 rings (SSSR count). The molecule has 0 aromatic heterocycles. The van der Waals surface area contributed by atoms with E-state index in [1.54, 1.807) is 0 Å². The van der Waals surface area contributed by atoms with Gasteiger partial charge in [0.1, 0.15) is 6.04 Å². The van der Waals surface area contributed by atoms with Crippen LogP contribution in [0.4, 0.5) is 0 Å². The van der Waals surface area contributed by atoms with Crippen molar-refractivity contribution in [2.45, 2.75) is 57.4 Å². The number of carbonyl (C=O) groups is 1. The van der Waals surface area contributed by atoms with Crippen molar-refractivity contribution in [2.75, 3.05) is 0 Å². The number of nitroso groups, excluding NO2 is 1. The van der Waals surface area contributed by atoms with E-state index in [-0.39, 0.29) is 12.5 Å². The first-order valence-electron chi connectivity index (χ1n) is 7.33. The van der Waals surface area contributed by atoms with Crippen LogP contribution in [0.3, 0.4) is 0 Å². The van der Waals surface area contributed by atoms with Crippen LogP contribution in [-0.4, -0.2) is 11.1 Å². The van der Waals surface area contributed by atoms with Gasteiger partial charge in [0, 0.05) is 6.42 Å². The molecule has 0 radical (unpaired) electrons. The molecule has 0 aliphatic rings. The fourth-order valence-corrected chi connectivity index (χ4v) is 2.28. The lowest BCUT2D eigenvalue weighted by Crippen LogP contribution is -1.95. The van der Waals surface area contributed by atoms with Crippen LogP contribution >= 0.6 is 0 Å². The zero-order valence-corrected chi connectivity index (χ0v) is 11.8. The Morgan fingerprint density at radius 3 is 2.20 bits per heavy atom. The van der Waals surface area contributed by atoms with E-state index >= 15 is 0 Å². The number of hydrogen-bond acceptors (Lipinski definition) is 3. The van der Waals surface area contributed by atoms with Crippen molar-refractivity contribution >= 4 is 5.97 Å². The smallest absolute Gasteiger partial charge is 0.303 e. The van der Waals surface area contributed by atoms with Crippen molar-refractivity contribution in [1.82, 2.24) is 0 Å². The molecule has 1 atom stereocenters. The Labute approximate surface area is 120 Å². The molecular weight excluding hydrogens is 254 g/mol. The molecule has 0 heterocycles. The van der Waals surface area contributed by atoms with Gasteiger partial charge in [-0.2, -0.15) is 4.91 Å². The van der Waals surface area contributed by atoms with Crippen molar-refractivity contribution in [3.63, 3.8) is 0 Å². The number of aliphatic carboxylic acids is 1. The lowest BCUT2D eigenvalue weighted by Gasteiger charge is -2.08. The minimum atomic E-state index is -0.715. The molecule has 0 aliphatic heterocycles. The third kappa shape index (κ3) is 7.02. The van der Waals surface area contributed by atoms with Crippen LogP contribution in [0.2, 0.25) is 0 Å². The molecule has 1 N–H and O–H groups in total. The van der Waals surface area contributed by atoms with E-state index < -0.39 is 5.97 Å². The highest BCUT2D eigenvalue weighted by atomic mass is 16.4. The van der Waals surface area contributed by atoms with Crippen LogP contribution < -0.4 is 0 Å². The predicted molar refractivity (Wildman–Crippen MR) is 79.5 cm³/mol. The summed E-state index contributed by atoms with van der Waals surface area (Å²) in [6.07, 6.45) is 7.03. The monoisotopic (exact) mass is 277 g/mol. The second kappa shape index (κ2) is 10.1. The molecule has 0 bridgehead atoms. The molecule has 0 fully saturated rings. The summed E-state index contributed by atoms with van der Waals surface area (Å²) in [5.41, 5.74) is 0.990. The summed E-state index contributed by atoms with van der Waals surface area (Å²) in [5, 5.41) is 11.7. The molecule has 0 aliphatic carbocycles. The average Bonchev–Trinajstić information content (AvgIpc) is 2.46. The maximum absolute atomic E-state index is 10.9. The Balaban J connectivity index is 2.08. The Bertz CT molecular complexity index is 392. The third-order valence-electron chi connectivity index (χ3n) is 3.43. The van der Waals surface area contributed by atoms with Crippen molar-refractivity contribution < 1.29 is 9.90 Å². The molecule has 0 saturated carbocycles. The number of nitrogens with zero attached hydrogens (tertiary/aromatic N) is 1. The van der Waals surface area contributed by atoms with Gasteiger partial charge >= 0.3 is 5.97 Å². The number of hydrogen-bond donors (Lipinski definition) is 1. The first kappa shape index (κ1) is 16.3. The van der Waals surface area contributed by atoms with E-state index in [2.05, 4.69) is 5.18 Å². The topological polar surface area (TPSA) is 66.7 Å². The molecule has 4 nitrogen and oxygen atoms in total. The lowest BCUT2D eigenvalue weighted by atomic mass is 10.0. The van der Waals surface area contributed by atoms with Gasteiger partial charge in [-0.15, -0.1) is 0 Å². The van der Waals surface area contributed by atoms with Crippen LogP contribution in [0, 0.1) is 4.91 Å². The predicted octanol–water partition coefficient (Wildman–Crippen LogP) is 4.70. The Morgan fingerprint density at radius 2 is 1.60 bits per heavy atom. The van der Waals surface area contributed by atoms with Gasteiger partial charge in [0.25, 0.3) is 0 Å². The van der Waals surface area contributed by atoms with E-state index in [1.165, 1.54) is 0 Å². The van der Waals surface area contributed by atoms with Gasteiger partial charge < -0.3 is 5.11 Å². The molecule has 20 heavy (non-hydrogen) atoms. The molecule has 1 aromatic rings. The van der Waals surface area contributed by atoms with Crippen LogP contribution in [0.5, 0.6) is 0 Å². The van der Waals surface area contributed by atoms with E-state index in [9.17, 15) is 9.70 Å². The van der Waals surface area contributed by atoms with Crippen molar-refractivity contribution in [2.24, 2.45) is 5.18 Å². The summed E-state index contributed by atoms with van der Waals surface area (Å²) in [7, 11) is 0. The van der Waals surface area contributed by atoms with Gasteiger partial charge in [-0.3, -0.25) is 4.79 Å². The number of carboxylic acids is 1. The minimum absolute atomic E-state index is 0.233. The second-order valence-corrected chi connectivity index (χ2v) is 5.09. The highest BCUT2D eigenvalue weighted by molar-refractivity contribution is 5.66. The largest absolute Gasteiger partial charge is 0.481 e. The SMILES string of the molecule is O=NC(CCCCCCCCC(=O)O)c1ccccc1. The molecule has 110 valence electrons. The Kier molecular flexibility index (Phi) is 8.27. The zero-order valence-electron chi connectivity index (χ0n) is 11.8. The number of unbranched alkanes of at least 4 members (excludes halogenated alkanes) is 5. The summed E-state index contributed by atoms with van der Waals surface area (Å²) in [4.78, 5) is 21.2. The summed E-state index contributed by atoms with van der Waals surface area (Å²) in [6, 6.07) is 9.44. The van der Waals surface area contributed by atoms with Gasteiger partial charge in [0.05, 0.1) is 0 Å². The second-order valence-electron chi connectivity index (χ2n) is 5.09. The molecule has 1 aromatic carbocycles. The fraction of sp³-hybridized carbons (Fsp3) is 0.562. The quantitative estimate of drug-likeness (QED) is 0.471. The summed E-state index contributed by atoms with van der Waals surface area (Å²) in [6.45, 7) is 0. The van der Waals surface area contributed by atoms with Crippen molar-refractivity contribution in [1.29, 1.82) is 0 Å². The molecular formula is C16H23NO3. The minimum Gasteiger partial charge on any atom is -0.481 e. The van der Waals surface area contributed by atoms with Crippen molar-refractivity contribution in [3.05, 3.63) is 40.8 Å². The highest BCUT2D eigenvalue weighted by Gasteiger charge is 2.10. The average molecular weight is 277 g/mol. The normalized spacial score (nSPS) is 12.0. The van der Waals surface area contributed by atoms with Crippen LogP contribution in [-0.2, 0) is 4.79 Å².